The summed E-state index contributed by atoms with van der Waals surface area (Å²) in [6.07, 6.45) is 3.30. The lowest BCUT2D eigenvalue weighted by Crippen LogP contribution is -2.46. The molecule has 0 radical (unpaired) electrons. The third kappa shape index (κ3) is 2.97. The summed E-state index contributed by atoms with van der Waals surface area (Å²) < 4.78 is 0. The van der Waals surface area contributed by atoms with Crippen LogP contribution in [0.15, 0.2) is 18.3 Å². The molecule has 2 saturated heterocycles. The van der Waals surface area contributed by atoms with Crippen LogP contribution in [0.2, 0.25) is 0 Å². The van der Waals surface area contributed by atoms with Gasteiger partial charge in [-0.15, -0.1) is 0 Å². The Morgan fingerprint density at radius 1 is 1.39 bits per heavy atom. The summed E-state index contributed by atoms with van der Waals surface area (Å²) in [7, 11) is 0. The first-order valence-electron chi connectivity index (χ1n) is 7.72. The number of amides is 1. The van der Waals surface area contributed by atoms with Crippen molar-refractivity contribution in [3.8, 4) is 6.07 Å². The maximum atomic E-state index is 12.0. The molecule has 0 saturated carbocycles. The van der Waals surface area contributed by atoms with Crippen molar-refractivity contribution in [2.45, 2.75) is 25.3 Å². The molecule has 120 valence electrons. The van der Waals surface area contributed by atoms with Crippen LogP contribution in [0.3, 0.4) is 0 Å². The molecular weight excluding hydrogens is 296 g/mol. The SMILES string of the molecule is N#Cc1cccnc1N1CCC(N2CC(C(=O)O)CC2=O)CC1. The Morgan fingerprint density at radius 2 is 2.13 bits per heavy atom. The number of nitrogens with zero attached hydrogens (tertiary/aromatic N) is 4. The van der Waals surface area contributed by atoms with E-state index in [9.17, 15) is 9.59 Å². The number of hydrogen-bond donors (Lipinski definition) is 1. The van der Waals surface area contributed by atoms with Gasteiger partial charge in [-0.1, -0.05) is 0 Å². The van der Waals surface area contributed by atoms with E-state index in [-0.39, 0.29) is 18.4 Å². The van der Waals surface area contributed by atoms with Crippen LogP contribution in [0.5, 0.6) is 0 Å². The molecule has 1 amide bonds. The van der Waals surface area contributed by atoms with Crippen LogP contribution in [0, 0.1) is 17.2 Å². The summed E-state index contributed by atoms with van der Waals surface area (Å²) in [6.45, 7) is 1.72. The van der Waals surface area contributed by atoms with Crippen LogP contribution in [0.25, 0.3) is 0 Å². The minimum atomic E-state index is -0.898. The monoisotopic (exact) mass is 314 g/mol. The average molecular weight is 314 g/mol. The lowest BCUT2D eigenvalue weighted by atomic mass is 10.0. The number of carbonyl (C=O) groups is 2. The molecule has 1 N–H and O–H groups in total. The molecule has 7 nitrogen and oxygen atoms in total. The summed E-state index contributed by atoms with van der Waals surface area (Å²) in [5.74, 6) is -0.858. The molecule has 0 spiro atoms. The van der Waals surface area contributed by atoms with Gasteiger partial charge in [0.05, 0.1) is 11.5 Å². The minimum Gasteiger partial charge on any atom is -0.481 e. The number of pyridine rings is 1. The second-order valence-corrected chi connectivity index (χ2v) is 5.99. The zero-order valence-electron chi connectivity index (χ0n) is 12.7. The number of aliphatic carboxylic acids is 1. The highest BCUT2D eigenvalue weighted by atomic mass is 16.4. The Labute approximate surface area is 134 Å². The maximum Gasteiger partial charge on any atom is 0.308 e. The fourth-order valence-corrected chi connectivity index (χ4v) is 3.38. The van der Waals surface area contributed by atoms with Crippen molar-refractivity contribution in [1.82, 2.24) is 9.88 Å². The largest absolute Gasteiger partial charge is 0.481 e. The van der Waals surface area contributed by atoms with E-state index in [1.165, 1.54) is 0 Å². The summed E-state index contributed by atoms with van der Waals surface area (Å²) in [5, 5.41) is 18.2. The second-order valence-electron chi connectivity index (χ2n) is 5.99. The number of piperidine rings is 1. The topological polar surface area (TPSA) is 97.5 Å². The number of aromatic nitrogens is 1. The van der Waals surface area contributed by atoms with Crippen LogP contribution < -0.4 is 4.90 Å². The first kappa shape index (κ1) is 15.3. The van der Waals surface area contributed by atoms with Gasteiger partial charge >= 0.3 is 5.97 Å². The van der Waals surface area contributed by atoms with Gasteiger partial charge in [-0.25, -0.2) is 4.98 Å². The predicted octanol–water partition coefficient (Wildman–Crippen LogP) is 0.855. The number of hydrogen-bond acceptors (Lipinski definition) is 5. The molecule has 0 aliphatic carbocycles. The Kier molecular flexibility index (Phi) is 4.15. The fraction of sp³-hybridized carbons (Fsp3) is 0.500. The Balaban J connectivity index is 1.64. The van der Waals surface area contributed by atoms with Gasteiger partial charge in [0.2, 0.25) is 5.91 Å². The second kappa shape index (κ2) is 6.24. The molecule has 7 heteroatoms. The van der Waals surface area contributed by atoms with Crippen molar-refractivity contribution in [3.05, 3.63) is 23.9 Å². The molecule has 1 atom stereocenters. The molecule has 1 unspecified atom stereocenters. The molecule has 1 aromatic heterocycles. The number of carboxylic acids is 1. The van der Waals surface area contributed by atoms with Gasteiger partial charge in [0.1, 0.15) is 11.9 Å². The van der Waals surface area contributed by atoms with E-state index in [0.29, 0.717) is 31.0 Å². The van der Waals surface area contributed by atoms with Crippen LogP contribution in [-0.2, 0) is 9.59 Å². The molecule has 2 fully saturated rings. The third-order valence-electron chi connectivity index (χ3n) is 4.62. The van der Waals surface area contributed by atoms with Gasteiger partial charge in [-0.2, -0.15) is 5.26 Å². The molecule has 3 heterocycles. The number of carbonyl (C=O) groups excluding carboxylic acids is 1. The van der Waals surface area contributed by atoms with E-state index in [2.05, 4.69) is 16.0 Å². The van der Waals surface area contributed by atoms with E-state index in [4.69, 9.17) is 10.4 Å². The molecular formula is C16H18N4O3. The summed E-state index contributed by atoms with van der Waals surface area (Å²) >= 11 is 0. The Hall–Kier alpha value is -2.62. The lowest BCUT2D eigenvalue weighted by molar-refractivity contribution is -0.141. The summed E-state index contributed by atoms with van der Waals surface area (Å²) in [5.41, 5.74) is 0.550. The molecule has 3 rings (SSSR count). The van der Waals surface area contributed by atoms with Crippen molar-refractivity contribution in [2.75, 3.05) is 24.5 Å². The number of anilines is 1. The molecule has 0 bridgehead atoms. The van der Waals surface area contributed by atoms with Crippen molar-refractivity contribution in [3.63, 3.8) is 0 Å². The van der Waals surface area contributed by atoms with E-state index >= 15 is 0 Å². The molecule has 2 aliphatic heterocycles. The van der Waals surface area contributed by atoms with Gasteiger partial charge in [0, 0.05) is 38.3 Å². The number of likely N-dealkylation sites (tertiary alicyclic amines) is 1. The van der Waals surface area contributed by atoms with E-state index in [0.717, 1.165) is 12.8 Å². The molecule has 1 aromatic rings. The zero-order chi connectivity index (χ0) is 16.4. The van der Waals surface area contributed by atoms with Crippen molar-refractivity contribution >= 4 is 17.7 Å². The smallest absolute Gasteiger partial charge is 0.308 e. The van der Waals surface area contributed by atoms with E-state index < -0.39 is 11.9 Å². The number of carboxylic acid groups (broad SMARTS) is 1. The molecule has 0 aromatic carbocycles. The minimum absolute atomic E-state index is 0.0635. The maximum absolute atomic E-state index is 12.0. The Morgan fingerprint density at radius 3 is 2.74 bits per heavy atom. The highest BCUT2D eigenvalue weighted by molar-refractivity contribution is 5.86. The van der Waals surface area contributed by atoms with Crippen LogP contribution in [0.4, 0.5) is 5.82 Å². The van der Waals surface area contributed by atoms with Crippen molar-refractivity contribution in [1.29, 1.82) is 5.26 Å². The average Bonchev–Trinajstić information content (AvgIpc) is 2.97. The summed E-state index contributed by atoms with van der Waals surface area (Å²) in [4.78, 5) is 31.2. The van der Waals surface area contributed by atoms with Gasteiger partial charge in [-0.05, 0) is 25.0 Å². The molecule has 23 heavy (non-hydrogen) atoms. The zero-order valence-corrected chi connectivity index (χ0v) is 12.7. The highest BCUT2D eigenvalue weighted by Crippen LogP contribution is 2.28. The van der Waals surface area contributed by atoms with Crippen molar-refractivity contribution < 1.29 is 14.7 Å². The van der Waals surface area contributed by atoms with Gasteiger partial charge in [-0.3, -0.25) is 9.59 Å². The van der Waals surface area contributed by atoms with E-state index in [1.54, 1.807) is 23.2 Å². The first-order chi connectivity index (χ1) is 11.1. The van der Waals surface area contributed by atoms with Gasteiger partial charge in [0.25, 0.3) is 0 Å². The number of rotatable bonds is 3. The van der Waals surface area contributed by atoms with Crippen LogP contribution >= 0.6 is 0 Å². The summed E-state index contributed by atoms with van der Waals surface area (Å²) in [6, 6.07) is 5.72. The van der Waals surface area contributed by atoms with Gasteiger partial charge < -0.3 is 14.9 Å². The quantitative estimate of drug-likeness (QED) is 0.888. The van der Waals surface area contributed by atoms with Crippen molar-refractivity contribution in [2.24, 2.45) is 5.92 Å². The van der Waals surface area contributed by atoms with E-state index in [1.807, 2.05) is 0 Å². The fourth-order valence-electron chi connectivity index (χ4n) is 3.38. The van der Waals surface area contributed by atoms with Gasteiger partial charge in [0.15, 0.2) is 0 Å². The Bertz CT molecular complexity index is 662. The highest BCUT2D eigenvalue weighted by Gasteiger charge is 2.39. The van der Waals surface area contributed by atoms with Crippen LogP contribution in [-0.4, -0.2) is 52.5 Å². The number of nitriles is 1. The third-order valence-corrected chi connectivity index (χ3v) is 4.62. The normalized spacial score (nSPS) is 22.2. The standard InChI is InChI=1S/C16H18N4O3/c17-9-11-2-1-5-18-15(11)19-6-3-13(4-7-19)20-10-12(16(22)23)8-14(20)21/h1-2,5,12-13H,3-4,6-8,10H2,(H,22,23). The first-order valence-corrected chi connectivity index (χ1v) is 7.72. The van der Waals surface area contributed by atoms with Crippen LogP contribution in [0.1, 0.15) is 24.8 Å². The molecule has 2 aliphatic rings. The lowest BCUT2D eigenvalue weighted by Gasteiger charge is -2.37. The predicted molar refractivity (Wildman–Crippen MR) is 81.6 cm³/mol.